The van der Waals surface area contributed by atoms with Gasteiger partial charge in [0.05, 0.1) is 11.4 Å². The second-order valence-corrected chi connectivity index (χ2v) is 4.79. The van der Waals surface area contributed by atoms with E-state index in [1.54, 1.807) is 19.3 Å². The molecule has 0 amide bonds. The third-order valence-corrected chi connectivity index (χ3v) is 2.89. The summed E-state index contributed by atoms with van der Waals surface area (Å²) < 4.78 is 0. The van der Waals surface area contributed by atoms with Crippen molar-refractivity contribution in [1.29, 1.82) is 0 Å². The molecule has 0 aromatic carbocycles. The van der Waals surface area contributed by atoms with E-state index in [2.05, 4.69) is 42.9 Å². The molecule has 0 atom stereocenters. The van der Waals surface area contributed by atoms with Gasteiger partial charge in [-0.25, -0.2) is 12.2 Å². The van der Waals surface area contributed by atoms with Crippen molar-refractivity contribution in [1.82, 2.24) is 9.97 Å². The number of hydrogen-bond donors (Lipinski definition) is 0. The van der Waals surface area contributed by atoms with Gasteiger partial charge in [-0.05, 0) is 24.3 Å². The van der Waals surface area contributed by atoms with Crippen LogP contribution in [0.2, 0.25) is 0 Å². The van der Waals surface area contributed by atoms with Crippen molar-refractivity contribution in [2.75, 3.05) is 0 Å². The summed E-state index contributed by atoms with van der Waals surface area (Å²) >= 11 is 0. The molecule has 0 N–H and O–H groups in total. The maximum atomic E-state index is 4.19. The van der Waals surface area contributed by atoms with Gasteiger partial charge in [-0.15, -0.1) is 6.42 Å². The Kier molecular flexibility index (Phi) is 21.0. The Morgan fingerprint density at radius 2 is 1.44 bits per heavy atom. The van der Waals surface area contributed by atoms with Gasteiger partial charge in [0.15, 0.2) is 0 Å². The zero-order valence-electron chi connectivity index (χ0n) is 15.6. The summed E-state index contributed by atoms with van der Waals surface area (Å²) in [5.74, 6) is 0. The van der Waals surface area contributed by atoms with Gasteiger partial charge in [0.2, 0.25) is 0 Å². The number of rotatable bonds is 3. The Bertz CT molecular complexity index is 487. The Balaban J connectivity index is 0. The molecule has 0 unspecified atom stereocenters. The van der Waals surface area contributed by atoms with E-state index in [9.17, 15) is 0 Å². The van der Waals surface area contributed by atoms with Crippen molar-refractivity contribution < 1.29 is 19.5 Å². The predicted octanol–water partition coefficient (Wildman–Crippen LogP) is 6.48. The first-order valence-corrected chi connectivity index (χ1v) is 8.63. The van der Waals surface area contributed by atoms with Crippen LogP contribution in [0, 0.1) is 13.0 Å². The minimum Gasteiger partial charge on any atom is -0.346 e. The molecular weight excluding hydrogens is 395 g/mol. The summed E-state index contributed by atoms with van der Waals surface area (Å²) in [6.45, 7) is 9.42. The largest absolute Gasteiger partial charge is 2.00 e. The summed E-state index contributed by atoms with van der Waals surface area (Å²) in [5, 5.41) is 0. The van der Waals surface area contributed by atoms with Gasteiger partial charge in [-0.2, -0.15) is 13.0 Å². The smallest absolute Gasteiger partial charge is 0.346 e. The van der Waals surface area contributed by atoms with Crippen LogP contribution in [0.15, 0.2) is 67.0 Å². The first-order chi connectivity index (χ1) is 11.9. The fourth-order valence-electron chi connectivity index (χ4n) is 1.72. The molecule has 137 valence electrons. The van der Waals surface area contributed by atoms with Crippen molar-refractivity contribution in [2.24, 2.45) is 0 Å². The molecule has 2 aromatic rings. The van der Waals surface area contributed by atoms with E-state index in [1.807, 2.05) is 48.6 Å². The summed E-state index contributed by atoms with van der Waals surface area (Å²) in [7, 11) is 0. The molecule has 2 aromatic heterocycles. The SMILES string of the molecule is CCCCC.[C-]1=CC=CC1.[CH2-]C.[Rh+2].c1ccc(-c2ccccn2)nc1. The summed E-state index contributed by atoms with van der Waals surface area (Å²) in [6.07, 6.45) is 17.6. The van der Waals surface area contributed by atoms with Crippen LogP contribution < -0.4 is 0 Å². The van der Waals surface area contributed by atoms with Crippen LogP contribution in [0.25, 0.3) is 11.4 Å². The molecular formula is C22H30N2Rh. The van der Waals surface area contributed by atoms with Gasteiger partial charge in [-0.3, -0.25) is 16.0 Å². The average molecular weight is 425 g/mol. The topological polar surface area (TPSA) is 25.8 Å². The van der Waals surface area contributed by atoms with E-state index in [0.29, 0.717) is 0 Å². The van der Waals surface area contributed by atoms with Crippen LogP contribution in [0.4, 0.5) is 0 Å². The van der Waals surface area contributed by atoms with Crippen LogP contribution in [0.3, 0.4) is 0 Å². The molecule has 2 nitrogen and oxygen atoms in total. The second kappa shape index (κ2) is 20.4. The van der Waals surface area contributed by atoms with E-state index in [0.717, 1.165) is 17.8 Å². The molecule has 0 bridgehead atoms. The van der Waals surface area contributed by atoms with Crippen molar-refractivity contribution >= 4 is 0 Å². The standard InChI is InChI=1S/C10H8N2.C5H5.C5H12.C2H5.Rh/c1-3-7-11-9(5-1)10-6-2-4-8-12-10;1-2-4-5-3-1;1-3-5-4-2;1-2;/h1-8H;1-3H,4H2;3-5H2,1-2H3;1H2,2H3;/q;-1;;-1;+2. The molecule has 1 aliphatic rings. The van der Waals surface area contributed by atoms with Crippen LogP contribution in [-0.4, -0.2) is 9.97 Å². The fraction of sp³-hybridized carbons (Fsp3) is 0.318. The van der Waals surface area contributed by atoms with Gasteiger partial charge in [-0.1, -0.05) is 45.2 Å². The average Bonchev–Trinajstić information content (AvgIpc) is 3.26. The maximum absolute atomic E-state index is 4.19. The van der Waals surface area contributed by atoms with Gasteiger partial charge in [0.1, 0.15) is 0 Å². The Morgan fingerprint density at radius 1 is 0.920 bits per heavy atom. The predicted molar refractivity (Wildman–Crippen MR) is 105 cm³/mol. The van der Waals surface area contributed by atoms with Crippen LogP contribution in [0.5, 0.6) is 0 Å². The van der Waals surface area contributed by atoms with Gasteiger partial charge in [0.25, 0.3) is 0 Å². The van der Waals surface area contributed by atoms with Crippen LogP contribution in [0.1, 0.15) is 46.5 Å². The van der Waals surface area contributed by atoms with E-state index in [1.165, 1.54) is 19.3 Å². The molecule has 3 rings (SSSR count). The molecule has 0 saturated heterocycles. The Labute approximate surface area is 167 Å². The normalized spacial score (nSPS) is 10.1. The number of unbranched alkanes of at least 4 members (excludes halogenated alkanes) is 2. The van der Waals surface area contributed by atoms with Crippen LogP contribution >= 0.6 is 0 Å². The third-order valence-electron chi connectivity index (χ3n) is 2.89. The van der Waals surface area contributed by atoms with E-state index in [4.69, 9.17) is 0 Å². The van der Waals surface area contributed by atoms with Crippen molar-refractivity contribution in [3.8, 4) is 11.4 Å². The molecule has 0 spiro atoms. The molecule has 0 saturated carbocycles. The van der Waals surface area contributed by atoms with E-state index in [-0.39, 0.29) is 19.5 Å². The fourth-order valence-corrected chi connectivity index (χ4v) is 1.72. The zero-order chi connectivity index (χ0) is 17.9. The summed E-state index contributed by atoms with van der Waals surface area (Å²) in [4.78, 5) is 8.37. The molecule has 2 heterocycles. The molecule has 1 aliphatic carbocycles. The molecule has 3 heteroatoms. The monoisotopic (exact) mass is 425 g/mol. The quantitative estimate of drug-likeness (QED) is 0.415. The molecule has 1 radical (unpaired) electrons. The Hall–Kier alpha value is -1.60. The minimum absolute atomic E-state index is 0. The third kappa shape index (κ3) is 14.5. The van der Waals surface area contributed by atoms with E-state index >= 15 is 0 Å². The number of hydrogen-bond acceptors (Lipinski definition) is 2. The van der Waals surface area contributed by atoms with E-state index < -0.39 is 0 Å². The van der Waals surface area contributed by atoms with Gasteiger partial charge >= 0.3 is 19.5 Å². The van der Waals surface area contributed by atoms with Crippen molar-refractivity contribution in [3.63, 3.8) is 0 Å². The van der Waals surface area contributed by atoms with Crippen molar-refractivity contribution in [3.05, 3.63) is 80.0 Å². The number of pyridine rings is 2. The molecule has 0 aliphatic heterocycles. The number of aromatic nitrogens is 2. The van der Waals surface area contributed by atoms with Gasteiger partial charge in [0, 0.05) is 12.4 Å². The van der Waals surface area contributed by atoms with Gasteiger partial charge < -0.3 is 6.92 Å². The number of nitrogens with zero attached hydrogens (tertiary/aromatic N) is 2. The first kappa shape index (κ1) is 25.6. The summed E-state index contributed by atoms with van der Waals surface area (Å²) in [6, 6.07) is 11.6. The first-order valence-electron chi connectivity index (χ1n) is 8.63. The summed E-state index contributed by atoms with van der Waals surface area (Å²) in [5.41, 5.74) is 1.83. The minimum atomic E-state index is 0. The number of allylic oxidation sites excluding steroid dienone is 4. The Morgan fingerprint density at radius 3 is 1.64 bits per heavy atom. The van der Waals surface area contributed by atoms with Crippen LogP contribution in [-0.2, 0) is 19.5 Å². The zero-order valence-corrected chi connectivity index (χ0v) is 17.3. The maximum Gasteiger partial charge on any atom is 2.00 e. The molecule has 0 fully saturated rings. The second-order valence-electron chi connectivity index (χ2n) is 4.79. The molecule has 25 heavy (non-hydrogen) atoms. The van der Waals surface area contributed by atoms with Crippen molar-refractivity contribution in [2.45, 2.75) is 46.5 Å².